The first-order valence-corrected chi connectivity index (χ1v) is 7.93. The van der Waals surface area contributed by atoms with Crippen LogP contribution >= 0.6 is 22.6 Å². The average Bonchev–Trinajstić information content (AvgIpc) is 2.42. The van der Waals surface area contributed by atoms with Gasteiger partial charge in [0.2, 0.25) is 5.91 Å². The molecular formula is C15H21IN2O. The summed E-state index contributed by atoms with van der Waals surface area (Å²) in [5, 5.41) is 3.08. The number of amides is 1. The van der Waals surface area contributed by atoms with Gasteiger partial charge in [0, 0.05) is 15.8 Å². The molecule has 1 fully saturated rings. The van der Waals surface area contributed by atoms with Gasteiger partial charge in [-0.1, -0.05) is 19.3 Å². The van der Waals surface area contributed by atoms with E-state index in [1.54, 1.807) is 0 Å². The van der Waals surface area contributed by atoms with Crippen LogP contribution in [-0.2, 0) is 4.79 Å². The van der Waals surface area contributed by atoms with Crippen LogP contribution in [0.5, 0.6) is 0 Å². The molecule has 19 heavy (non-hydrogen) atoms. The van der Waals surface area contributed by atoms with Crippen molar-refractivity contribution in [3.63, 3.8) is 0 Å². The topological polar surface area (TPSA) is 55.1 Å². The summed E-state index contributed by atoms with van der Waals surface area (Å²) >= 11 is 2.28. The molecule has 0 aromatic heterocycles. The molecule has 1 aliphatic rings. The maximum atomic E-state index is 12.6. The van der Waals surface area contributed by atoms with Gasteiger partial charge in [0.15, 0.2) is 0 Å². The van der Waals surface area contributed by atoms with Crippen molar-refractivity contribution in [2.45, 2.75) is 39.0 Å². The Kier molecular flexibility index (Phi) is 4.84. The molecular weight excluding hydrogens is 351 g/mol. The molecule has 2 rings (SSSR count). The predicted molar refractivity (Wildman–Crippen MR) is 87.1 cm³/mol. The number of carbonyl (C=O) groups is 1. The Hall–Kier alpha value is -0.620. The molecule has 0 spiro atoms. The molecule has 0 heterocycles. The number of nitrogens with two attached hydrogens (primary N) is 1. The van der Waals surface area contributed by atoms with E-state index in [4.69, 9.17) is 5.73 Å². The lowest BCUT2D eigenvalue weighted by Crippen LogP contribution is -2.43. The molecule has 1 saturated carbocycles. The van der Waals surface area contributed by atoms with Crippen molar-refractivity contribution in [3.05, 3.63) is 27.3 Å². The zero-order valence-electron chi connectivity index (χ0n) is 11.3. The van der Waals surface area contributed by atoms with Crippen LogP contribution in [0.15, 0.2) is 18.2 Å². The lowest BCUT2D eigenvalue weighted by atomic mass is 9.73. The summed E-state index contributed by atoms with van der Waals surface area (Å²) in [6, 6.07) is 6.06. The zero-order chi connectivity index (χ0) is 13.9. The van der Waals surface area contributed by atoms with Crippen LogP contribution in [0.25, 0.3) is 0 Å². The summed E-state index contributed by atoms with van der Waals surface area (Å²) in [6.07, 6.45) is 5.27. The third kappa shape index (κ3) is 3.28. The van der Waals surface area contributed by atoms with Crippen molar-refractivity contribution in [1.29, 1.82) is 0 Å². The molecule has 1 aromatic rings. The molecule has 1 aliphatic carbocycles. The third-order valence-electron chi connectivity index (χ3n) is 4.12. The summed E-state index contributed by atoms with van der Waals surface area (Å²) < 4.78 is 1.18. The molecule has 0 radical (unpaired) electrons. The Morgan fingerprint density at radius 1 is 1.37 bits per heavy atom. The number of halogens is 1. The summed E-state index contributed by atoms with van der Waals surface area (Å²) in [5.74, 6) is 0.0963. The van der Waals surface area contributed by atoms with Gasteiger partial charge in [-0.25, -0.2) is 0 Å². The van der Waals surface area contributed by atoms with E-state index in [0.29, 0.717) is 6.54 Å². The molecule has 1 aromatic carbocycles. The lowest BCUT2D eigenvalue weighted by molar-refractivity contribution is -0.126. The van der Waals surface area contributed by atoms with Gasteiger partial charge in [0.1, 0.15) is 0 Å². The van der Waals surface area contributed by atoms with E-state index < -0.39 is 0 Å². The maximum Gasteiger partial charge on any atom is 0.231 e. The minimum Gasteiger partial charge on any atom is -0.329 e. The molecule has 3 N–H and O–H groups in total. The number of carbonyl (C=O) groups excluding carboxylic acids is 1. The van der Waals surface area contributed by atoms with Gasteiger partial charge in [-0.3, -0.25) is 4.79 Å². The monoisotopic (exact) mass is 372 g/mol. The minimum atomic E-state index is -0.353. The minimum absolute atomic E-state index is 0.0963. The number of hydrogen-bond donors (Lipinski definition) is 2. The van der Waals surface area contributed by atoms with E-state index in [1.165, 1.54) is 9.99 Å². The summed E-state index contributed by atoms with van der Waals surface area (Å²) in [5.41, 5.74) is 7.55. The van der Waals surface area contributed by atoms with E-state index in [-0.39, 0.29) is 11.3 Å². The first-order chi connectivity index (χ1) is 9.07. The summed E-state index contributed by atoms with van der Waals surface area (Å²) in [6.45, 7) is 2.47. The third-order valence-corrected chi connectivity index (χ3v) is 4.79. The standard InChI is InChI=1S/C15H21IN2O/c1-11-9-12(16)5-6-13(11)18-14(19)15(10-17)7-3-2-4-8-15/h5-6,9H,2-4,7-8,10,17H2,1H3,(H,18,19). The molecule has 0 unspecified atom stereocenters. The predicted octanol–water partition coefficient (Wildman–Crippen LogP) is 3.45. The van der Waals surface area contributed by atoms with E-state index in [9.17, 15) is 4.79 Å². The number of nitrogens with one attached hydrogen (secondary N) is 1. The van der Waals surface area contributed by atoms with Crippen molar-refractivity contribution in [2.24, 2.45) is 11.1 Å². The first-order valence-electron chi connectivity index (χ1n) is 6.85. The molecule has 3 nitrogen and oxygen atoms in total. The number of aryl methyl sites for hydroxylation is 1. The Balaban J connectivity index is 2.15. The molecule has 4 heteroatoms. The van der Waals surface area contributed by atoms with Crippen LogP contribution in [0, 0.1) is 15.9 Å². The van der Waals surface area contributed by atoms with Gasteiger partial charge in [-0.15, -0.1) is 0 Å². The van der Waals surface area contributed by atoms with Crippen LogP contribution in [0.2, 0.25) is 0 Å². The van der Waals surface area contributed by atoms with E-state index in [0.717, 1.165) is 36.9 Å². The van der Waals surface area contributed by atoms with Gasteiger partial charge in [-0.2, -0.15) is 0 Å². The summed E-state index contributed by atoms with van der Waals surface area (Å²) in [4.78, 5) is 12.6. The Morgan fingerprint density at radius 3 is 2.63 bits per heavy atom. The van der Waals surface area contributed by atoms with Gasteiger partial charge in [0.05, 0.1) is 5.41 Å². The quantitative estimate of drug-likeness (QED) is 0.799. The lowest BCUT2D eigenvalue weighted by Gasteiger charge is -2.34. The largest absolute Gasteiger partial charge is 0.329 e. The Morgan fingerprint density at radius 2 is 2.05 bits per heavy atom. The van der Waals surface area contributed by atoms with Crippen LogP contribution < -0.4 is 11.1 Å². The molecule has 0 bridgehead atoms. The van der Waals surface area contributed by atoms with E-state index in [1.807, 2.05) is 19.1 Å². The highest BCUT2D eigenvalue weighted by Crippen LogP contribution is 2.36. The second-order valence-corrected chi connectivity index (χ2v) is 6.70. The highest BCUT2D eigenvalue weighted by molar-refractivity contribution is 14.1. The van der Waals surface area contributed by atoms with Crippen molar-refractivity contribution >= 4 is 34.2 Å². The molecule has 0 atom stereocenters. The van der Waals surface area contributed by atoms with Crippen LogP contribution in [0.4, 0.5) is 5.69 Å². The highest BCUT2D eigenvalue weighted by atomic mass is 127. The molecule has 0 aliphatic heterocycles. The van der Waals surface area contributed by atoms with Gasteiger partial charge in [0.25, 0.3) is 0 Å². The fourth-order valence-electron chi connectivity index (χ4n) is 2.77. The molecule has 0 saturated heterocycles. The van der Waals surface area contributed by atoms with Crippen LogP contribution in [-0.4, -0.2) is 12.5 Å². The number of benzene rings is 1. The van der Waals surface area contributed by atoms with Crippen molar-refractivity contribution in [3.8, 4) is 0 Å². The fraction of sp³-hybridized carbons (Fsp3) is 0.533. The highest BCUT2D eigenvalue weighted by Gasteiger charge is 2.38. The Bertz CT molecular complexity index is 467. The van der Waals surface area contributed by atoms with Crippen LogP contribution in [0.1, 0.15) is 37.7 Å². The smallest absolute Gasteiger partial charge is 0.231 e. The number of rotatable bonds is 3. The van der Waals surface area contributed by atoms with Gasteiger partial charge < -0.3 is 11.1 Å². The fourth-order valence-corrected chi connectivity index (χ4v) is 3.42. The maximum absolute atomic E-state index is 12.6. The normalized spacial score (nSPS) is 18.1. The van der Waals surface area contributed by atoms with Gasteiger partial charge in [-0.05, 0) is 66.1 Å². The second-order valence-electron chi connectivity index (χ2n) is 5.46. The first kappa shape index (κ1) is 14.8. The SMILES string of the molecule is Cc1cc(I)ccc1NC(=O)C1(CN)CCCCC1. The zero-order valence-corrected chi connectivity index (χ0v) is 13.5. The van der Waals surface area contributed by atoms with Crippen molar-refractivity contribution in [2.75, 3.05) is 11.9 Å². The Labute approximate surface area is 128 Å². The molecule has 104 valence electrons. The van der Waals surface area contributed by atoms with Gasteiger partial charge >= 0.3 is 0 Å². The summed E-state index contributed by atoms with van der Waals surface area (Å²) in [7, 11) is 0. The van der Waals surface area contributed by atoms with E-state index >= 15 is 0 Å². The second kappa shape index (κ2) is 6.22. The number of anilines is 1. The average molecular weight is 372 g/mol. The van der Waals surface area contributed by atoms with Crippen molar-refractivity contribution < 1.29 is 4.79 Å². The number of hydrogen-bond acceptors (Lipinski definition) is 2. The molecule has 1 amide bonds. The van der Waals surface area contributed by atoms with E-state index in [2.05, 4.69) is 34.0 Å². The van der Waals surface area contributed by atoms with Crippen LogP contribution in [0.3, 0.4) is 0 Å². The van der Waals surface area contributed by atoms with Crippen molar-refractivity contribution in [1.82, 2.24) is 0 Å².